The van der Waals surface area contributed by atoms with Crippen LogP contribution in [0.2, 0.25) is 0 Å². The molecule has 1 amide bonds. The van der Waals surface area contributed by atoms with Gasteiger partial charge in [0.15, 0.2) is 0 Å². The maximum atomic E-state index is 11.9. The number of carboxylic acids is 1. The fraction of sp³-hybridized carbons (Fsp3) is 0.214. The summed E-state index contributed by atoms with van der Waals surface area (Å²) in [7, 11) is 0. The van der Waals surface area contributed by atoms with Gasteiger partial charge in [0.2, 0.25) is 5.91 Å². The third-order valence-corrected chi connectivity index (χ3v) is 3.96. The van der Waals surface area contributed by atoms with Gasteiger partial charge in [0, 0.05) is 6.20 Å². The van der Waals surface area contributed by atoms with E-state index in [-0.39, 0.29) is 17.2 Å². The Kier molecular flexibility index (Phi) is 4.14. The van der Waals surface area contributed by atoms with Gasteiger partial charge >= 0.3 is 5.97 Å². The number of anilines is 1. The van der Waals surface area contributed by atoms with Gasteiger partial charge in [0.25, 0.3) is 0 Å². The number of thiophene rings is 1. The average Bonchev–Trinajstić information content (AvgIpc) is 2.73. The molecule has 2 aromatic rings. The molecule has 0 unspecified atom stereocenters. The number of amides is 1. The molecule has 0 spiro atoms. The summed E-state index contributed by atoms with van der Waals surface area (Å²) in [4.78, 5) is 27.3. The van der Waals surface area contributed by atoms with E-state index >= 15 is 0 Å². The summed E-state index contributed by atoms with van der Waals surface area (Å²) in [5.41, 5.74) is 2.32. The van der Waals surface area contributed by atoms with Crippen molar-refractivity contribution in [3.8, 4) is 0 Å². The van der Waals surface area contributed by atoms with Crippen LogP contribution in [0, 0.1) is 13.8 Å². The molecule has 2 rings (SSSR count). The highest BCUT2D eigenvalue weighted by Gasteiger charge is 2.14. The summed E-state index contributed by atoms with van der Waals surface area (Å²) in [5.74, 6) is -1.18. The number of aromatic nitrogens is 1. The molecule has 5 nitrogen and oxygen atoms in total. The molecule has 0 aromatic carbocycles. The zero-order chi connectivity index (χ0) is 14.7. The van der Waals surface area contributed by atoms with Crippen LogP contribution in [0.4, 0.5) is 5.00 Å². The second-order valence-electron chi connectivity index (χ2n) is 4.42. The van der Waals surface area contributed by atoms with E-state index in [1.807, 2.05) is 19.1 Å². The summed E-state index contributed by atoms with van der Waals surface area (Å²) in [6.07, 6.45) is 1.82. The Morgan fingerprint density at radius 3 is 2.70 bits per heavy atom. The Balaban J connectivity index is 2.07. The first kappa shape index (κ1) is 14.2. The predicted molar refractivity (Wildman–Crippen MR) is 77.3 cm³/mol. The normalized spacial score (nSPS) is 10.3. The number of hydrogen-bond acceptors (Lipinski definition) is 4. The van der Waals surface area contributed by atoms with Crippen LogP contribution in [0.1, 0.15) is 26.5 Å². The van der Waals surface area contributed by atoms with Crippen molar-refractivity contribution in [1.82, 2.24) is 4.98 Å². The third kappa shape index (κ3) is 3.21. The van der Waals surface area contributed by atoms with E-state index in [1.165, 1.54) is 0 Å². The van der Waals surface area contributed by atoms with Crippen molar-refractivity contribution in [1.29, 1.82) is 0 Å². The van der Waals surface area contributed by atoms with E-state index in [4.69, 9.17) is 5.11 Å². The SMILES string of the molecule is Cc1cccnc1CC(=O)Nc1cc(C)c(C(=O)O)s1. The van der Waals surface area contributed by atoms with Crippen LogP contribution in [-0.2, 0) is 11.2 Å². The maximum Gasteiger partial charge on any atom is 0.346 e. The molecule has 0 saturated heterocycles. The van der Waals surface area contributed by atoms with Crippen LogP contribution in [0.5, 0.6) is 0 Å². The third-order valence-electron chi connectivity index (χ3n) is 2.82. The fourth-order valence-corrected chi connectivity index (χ4v) is 2.72. The molecule has 6 heteroatoms. The highest BCUT2D eigenvalue weighted by Crippen LogP contribution is 2.26. The number of carboxylic acid groups (broad SMARTS) is 1. The van der Waals surface area contributed by atoms with E-state index < -0.39 is 5.97 Å². The maximum absolute atomic E-state index is 11.9. The Morgan fingerprint density at radius 2 is 2.10 bits per heavy atom. The number of pyridine rings is 1. The van der Waals surface area contributed by atoms with Crippen LogP contribution in [0.15, 0.2) is 24.4 Å². The van der Waals surface area contributed by atoms with Gasteiger partial charge in [-0.15, -0.1) is 11.3 Å². The van der Waals surface area contributed by atoms with Crippen molar-refractivity contribution < 1.29 is 14.7 Å². The molecular weight excluding hydrogens is 276 g/mol. The summed E-state index contributed by atoms with van der Waals surface area (Å²) in [6.45, 7) is 3.60. The van der Waals surface area contributed by atoms with Crippen molar-refractivity contribution >= 4 is 28.2 Å². The molecule has 0 radical (unpaired) electrons. The standard InChI is InChI=1S/C14H14N2O3S/c1-8-4-3-5-15-10(8)7-11(17)16-12-6-9(2)13(20-12)14(18)19/h3-6H,7H2,1-2H3,(H,16,17)(H,18,19). The number of nitrogens with zero attached hydrogens (tertiary/aromatic N) is 1. The predicted octanol–water partition coefficient (Wildman–Crippen LogP) is 2.64. The first-order valence-corrected chi connectivity index (χ1v) is 6.83. The van der Waals surface area contributed by atoms with Crippen LogP contribution >= 0.6 is 11.3 Å². The van der Waals surface area contributed by atoms with Crippen molar-refractivity contribution in [3.05, 3.63) is 46.1 Å². The molecule has 0 bridgehead atoms. The Bertz CT molecular complexity index is 664. The molecule has 0 aliphatic carbocycles. The lowest BCUT2D eigenvalue weighted by molar-refractivity contribution is -0.115. The molecule has 20 heavy (non-hydrogen) atoms. The lowest BCUT2D eigenvalue weighted by Crippen LogP contribution is -2.15. The topological polar surface area (TPSA) is 79.3 Å². The molecule has 0 saturated carbocycles. The summed E-state index contributed by atoms with van der Waals surface area (Å²) >= 11 is 1.06. The van der Waals surface area contributed by atoms with E-state index in [1.54, 1.807) is 19.2 Å². The van der Waals surface area contributed by atoms with Gasteiger partial charge in [-0.25, -0.2) is 4.79 Å². The number of aryl methyl sites for hydroxylation is 2. The van der Waals surface area contributed by atoms with Crippen LogP contribution in [0.3, 0.4) is 0 Å². The van der Waals surface area contributed by atoms with Crippen molar-refractivity contribution in [2.45, 2.75) is 20.3 Å². The van der Waals surface area contributed by atoms with Crippen molar-refractivity contribution in [2.75, 3.05) is 5.32 Å². The zero-order valence-corrected chi connectivity index (χ0v) is 12.0. The molecule has 0 aliphatic heterocycles. The quantitative estimate of drug-likeness (QED) is 0.907. The number of hydrogen-bond donors (Lipinski definition) is 2. The number of nitrogens with one attached hydrogen (secondary N) is 1. The van der Waals surface area contributed by atoms with Crippen LogP contribution in [-0.4, -0.2) is 22.0 Å². The number of carbonyl (C=O) groups is 2. The first-order valence-electron chi connectivity index (χ1n) is 6.01. The van der Waals surface area contributed by atoms with Gasteiger partial charge in [-0.1, -0.05) is 6.07 Å². The monoisotopic (exact) mass is 290 g/mol. The first-order chi connectivity index (χ1) is 9.47. The van der Waals surface area contributed by atoms with E-state index in [0.717, 1.165) is 22.6 Å². The molecule has 2 heterocycles. The number of rotatable bonds is 4. The largest absolute Gasteiger partial charge is 0.477 e. The Hall–Kier alpha value is -2.21. The molecule has 104 valence electrons. The van der Waals surface area contributed by atoms with Crippen molar-refractivity contribution in [3.63, 3.8) is 0 Å². The van der Waals surface area contributed by atoms with Gasteiger partial charge < -0.3 is 10.4 Å². The summed E-state index contributed by atoms with van der Waals surface area (Å²) < 4.78 is 0. The minimum atomic E-state index is -0.978. The minimum absolute atomic E-state index is 0.173. The van der Waals surface area contributed by atoms with Crippen molar-refractivity contribution in [2.24, 2.45) is 0 Å². The Labute approximate surface area is 120 Å². The Morgan fingerprint density at radius 1 is 1.35 bits per heavy atom. The smallest absolute Gasteiger partial charge is 0.346 e. The fourth-order valence-electron chi connectivity index (χ4n) is 1.79. The van der Waals surface area contributed by atoms with Gasteiger partial charge in [-0.05, 0) is 37.1 Å². The van der Waals surface area contributed by atoms with Gasteiger partial charge in [0.1, 0.15) is 4.88 Å². The summed E-state index contributed by atoms with van der Waals surface area (Å²) in [6, 6.07) is 5.38. The lowest BCUT2D eigenvalue weighted by atomic mass is 10.1. The molecule has 2 N–H and O–H groups in total. The van der Waals surface area contributed by atoms with Crippen LogP contribution in [0.25, 0.3) is 0 Å². The second kappa shape index (κ2) is 5.83. The number of carbonyl (C=O) groups excluding carboxylic acids is 1. The molecular formula is C14H14N2O3S. The lowest BCUT2D eigenvalue weighted by Gasteiger charge is -2.04. The zero-order valence-electron chi connectivity index (χ0n) is 11.1. The van der Waals surface area contributed by atoms with Gasteiger partial charge in [0.05, 0.1) is 17.1 Å². The molecule has 0 aliphatic rings. The number of aromatic carboxylic acids is 1. The van der Waals surface area contributed by atoms with E-state index in [2.05, 4.69) is 10.3 Å². The summed E-state index contributed by atoms with van der Waals surface area (Å²) in [5, 5.41) is 12.2. The average molecular weight is 290 g/mol. The molecule has 2 aromatic heterocycles. The van der Waals surface area contributed by atoms with Crippen LogP contribution < -0.4 is 5.32 Å². The highest BCUT2D eigenvalue weighted by molar-refractivity contribution is 7.18. The molecule has 0 fully saturated rings. The molecule has 0 atom stereocenters. The van der Waals surface area contributed by atoms with Gasteiger partial charge in [-0.2, -0.15) is 0 Å². The van der Waals surface area contributed by atoms with E-state index in [0.29, 0.717) is 10.6 Å². The minimum Gasteiger partial charge on any atom is -0.477 e. The van der Waals surface area contributed by atoms with Gasteiger partial charge in [-0.3, -0.25) is 9.78 Å². The highest BCUT2D eigenvalue weighted by atomic mass is 32.1. The van der Waals surface area contributed by atoms with E-state index in [9.17, 15) is 9.59 Å². The second-order valence-corrected chi connectivity index (χ2v) is 5.47.